The molecule has 2 bridgehead atoms. The van der Waals surface area contributed by atoms with Crippen LogP contribution in [0.3, 0.4) is 0 Å². The van der Waals surface area contributed by atoms with E-state index in [4.69, 9.17) is 4.55 Å². The van der Waals surface area contributed by atoms with Gasteiger partial charge in [0.1, 0.15) is 0 Å². The molecule has 0 radical (unpaired) electrons. The quantitative estimate of drug-likeness (QED) is 0.599. The molecule has 1 aromatic carbocycles. The zero-order chi connectivity index (χ0) is 16.3. The summed E-state index contributed by atoms with van der Waals surface area (Å²) in [6.45, 7) is 6.37. The third-order valence-electron chi connectivity index (χ3n) is 5.87. The summed E-state index contributed by atoms with van der Waals surface area (Å²) in [5.41, 5.74) is 1.29. The van der Waals surface area contributed by atoms with Gasteiger partial charge in [-0.15, -0.1) is 0 Å². The normalized spacial score (nSPS) is 28.1. The Morgan fingerprint density at radius 1 is 1.08 bits per heavy atom. The average Bonchev–Trinajstić information content (AvgIpc) is 2.73. The lowest BCUT2D eigenvalue weighted by atomic mass is 9.70. The number of hydrogen-bond donors (Lipinski definition) is 1. The highest BCUT2D eigenvalue weighted by Crippen LogP contribution is 2.65. The van der Waals surface area contributed by atoms with Gasteiger partial charge in [-0.25, -0.2) is 0 Å². The van der Waals surface area contributed by atoms with Crippen LogP contribution in [0.4, 0.5) is 0 Å². The van der Waals surface area contributed by atoms with E-state index in [2.05, 4.69) is 20.8 Å². The van der Waals surface area contributed by atoms with Crippen LogP contribution in [-0.4, -0.2) is 35.2 Å². The molecule has 1 aromatic rings. The highest BCUT2D eigenvalue weighted by atomic mass is 32.2. The standard InChI is InChI=1S/C17H20O4S.3H2O/c1-16(2)14-8-9-17(16,3)15(18)13(14)10-11-4-6-12(7-5-11)22(19,20)21;;;/h4-7,10,14H,8-9H2,1-3H3,(H,19,20,21);3*1H2. The Balaban J connectivity index is 0.00000192. The number of rotatable bonds is 2. The first kappa shape index (κ1) is 23.4. The topological polar surface area (TPSA) is 166 Å². The van der Waals surface area contributed by atoms with E-state index in [9.17, 15) is 13.2 Å². The average molecular weight is 374 g/mol. The lowest BCUT2D eigenvalue weighted by Gasteiger charge is -2.31. The van der Waals surface area contributed by atoms with Crippen molar-refractivity contribution >= 4 is 22.0 Å². The smallest absolute Gasteiger partial charge is 0.294 e. The molecule has 3 rings (SSSR count). The van der Waals surface area contributed by atoms with E-state index in [1.54, 1.807) is 12.1 Å². The molecule has 8 heteroatoms. The molecular weight excluding hydrogens is 348 g/mol. The molecule has 2 fully saturated rings. The molecule has 142 valence electrons. The predicted octanol–water partition coefficient (Wildman–Crippen LogP) is 0.868. The van der Waals surface area contributed by atoms with Crippen molar-refractivity contribution in [3.05, 3.63) is 35.4 Å². The van der Waals surface area contributed by atoms with Crippen LogP contribution in [-0.2, 0) is 14.9 Å². The van der Waals surface area contributed by atoms with E-state index < -0.39 is 10.1 Å². The molecule has 2 aliphatic carbocycles. The second-order valence-electron chi connectivity index (χ2n) is 7.12. The summed E-state index contributed by atoms with van der Waals surface area (Å²) in [5, 5.41) is 0. The zero-order valence-electron chi connectivity index (χ0n) is 14.5. The van der Waals surface area contributed by atoms with Gasteiger partial charge in [0.25, 0.3) is 10.1 Å². The maximum absolute atomic E-state index is 12.7. The number of fused-ring (bicyclic) bond motifs is 2. The first-order valence-electron chi connectivity index (χ1n) is 7.41. The fourth-order valence-corrected chi connectivity index (χ4v) is 4.49. The largest absolute Gasteiger partial charge is 0.412 e. The number of benzene rings is 1. The van der Waals surface area contributed by atoms with Gasteiger partial charge >= 0.3 is 0 Å². The molecule has 0 aliphatic heterocycles. The van der Waals surface area contributed by atoms with Crippen molar-refractivity contribution in [2.24, 2.45) is 16.7 Å². The fraction of sp³-hybridized carbons (Fsp3) is 0.471. The zero-order valence-corrected chi connectivity index (χ0v) is 15.3. The SMILES string of the molecule is CC12CCC(C(=Cc3ccc(S(=O)(=O)O)cc3)C1=O)C2(C)C.O.O.O. The molecule has 7 N–H and O–H groups in total. The van der Waals surface area contributed by atoms with Crippen LogP contribution in [0.5, 0.6) is 0 Å². The Bertz CT molecular complexity index is 778. The summed E-state index contributed by atoms with van der Waals surface area (Å²) in [5.74, 6) is 0.471. The van der Waals surface area contributed by atoms with E-state index >= 15 is 0 Å². The van der Waals surface area contributed by atoms with E-state index in [0.29, 0.717) is 0 Å². The summed E-state index contributed by atoms with van der Waals surface area (Å²) < 4.78 is 31.1. The second kappa shape index (κ2) is 6.97. The molecule has 25 heavy (non-hydrogen) atoms. The highest BCUT2D eigenvalue weighted by Gasteiger charge is 2.63. The van der Waals surface area contributed by atoms with E-state index in [1.807, 2.05) is 6.08 Å². The second-order valence-corrected chi connectivity index (χ2v) is 8.54. The van der Waals surface area contributed by atoms with E-state index in [1.165, 1.54) is 12.1 Å². The molecule has 0 amide bonds. The van der Waals surface area contributed by atoms with Crippen LogP contribution < -0.4 is 0 Å². The third kappa shape index (κ3) is 3.28. The molecule has 0 aromatic heterocycles. The summed E-state index contributed by atoms with van der Waals surface area (Å²) in [6.07, 6.45) is 3.82. The number of allylic oxidation sites excluding steroid dienone is 1. The number of Topliss-reactive ketones (excluding diaryl/α,β-unsaturated/α-hetero) is 1. The summed E-state index contributed by atoms with van der Waals surface area (Å²) in [4.78, 5) is 12.6. The molecule has 0 heterocycles. The van der Waals surface area contributed by atoms with Crippen molar-refractivity contribution in [3.63, 3.8) is 0 Å². The number of ketones is 1. The summed E-state index contributed by atoms with van der Waals surface area (Å²) >= 11 is 0. The first-order valence-corrected chi connectivity index (χ1v) is 8.85. The monoisotopic (exact) mass is 374 g/mol. The third-order valence-corrected chi connectivity index (χ3v) is 6.73. The van der Waals surface area contributed by atoms with Gasteiger partial charge in [0.15, 0.2) is 5.78 Å². The number of carbonyl (C=O) groups excluding carboxylic acids is 1. The first-order chi connectivity index (χ1) is 10.1. The van der Waals surface area contributed by atoms with Crippen molar-refractivity contribution in [2.75, 3.05) is 0 Å². The van der Waals surface area contributed by atoms with Crippen LogP contribution in [0.15, 0.2) is 34.7 Å². The molecule has 2 unspecified atom stereocenters. The Labute approximate surface area is 147 Å². The minimum absolute atomic E-state index is 0. The van der Waals surface area contributed by atoms with Crippen LogP contribution in [0, 0.1) is 16.7 Å². The lowest BCUT2D eigenvalue weighted by Crippen LogP contribution is -2.32. The number of carbonyl (C=O) groups is 1. The van der Waals surface area contributed by atoms with Gasteiger partial charge in [0.05, 0.1) is 4.90 Å². The summed E-state index contributed by atoms with van der Waals surface area (Å²) in [6, 6.07) is 5.94. The van der Waals surface area contributed by atoms with Gasteiger partial charge in [0, 0.05) is 5.41 Å². The molecule has 2 aliphatic rings. The molecule has 0 spiro atoms. The van der Waals surface area contributed by atoms with Crippen molar-refractivity contribution in [2.45, 2.75) is 38.5 Å². The predicted molar refractivity (Wildman–Crippen MR) is 94.7 cm³/mol. The van der Waals surface area contributed by atoms with Crippen LogP contribution >= 0.6 is 0 Å². The summed E-state index contributed by atoms with van der Waals surface area (Å²) in [7, 11) is -4.18. The Morgan fingerprint density at radius 2 is 1.60 bits per heavy atom. The minimum Gasteiger partial charge on any atom is -0.412 e. The lowest BCUT2D eigenvalue weighted by molar-refractivity contribution is -0.125. The van der Waals surface area contributed by atoms with Gasteiger partial charge in [-0.3, -0.25) is 9.35 Å². The van der Waals surface area contributed by atoms with E-state index in [0.717, 1.165) is 24.0 Å². The van der Waals surface area contributed by atoms with E-state index in [-0.39, 0.29) is 43.9 Å². The maximum atomic E-state index is 12.7. The van der Waals surface area contributed by atoms with Gasteiger partial charge < -0.3 is 16.4 Å². The van der Waals surface area contributed by atoms with Crippen LogP contribution in [0.25, 0.3) is 6.08 Å². The fourth-order valence-electron chi connectivity index (χ4n) is 4.01. The molecule has 7 nitrogen and oxygen atoms in total. The van der Waals surface area contributed by atoms with Crippen molar-refractivity contribution in [3.8, 4) is 0 Å². The Hall–Kier alpha value is -1.58. The molecule has 2 saturated carbocycles. The Kier molecular flexibility index (Phi) is 6.53. The van der Waals surface area contributed by atoms with Crippen LogP contribution in [0.1, 0.15) is 39.2 Å². The van der Waals surface area contributed by atoms with Crippen molar-refractivity contribution in [1.82, 2.24) is 0 Å². The molecular formula is C17H26O7S. The van der Waals surface area contributed by atoms with Crippen molar-refractivity contribution in [1.29, 1.82) is 0 Å². The van der Waals surface area contributed by atoms with Gasteiger partial charge in [-0.2, -0.15) is 8.42 Å². The maximum Gasteiger partial charge on any atom is 0.294 e. The highest BCUT2D eigenvalue weighted by molar-refractivity contribution is 7.85. The minimum atomic E-state index is -4.18. The molecule has 2 atom stereocenters. The Morgan fingerprint density at radius 3 is 2.00 bits per heavy atom. The molecule has 0 saturated heterocycles. The van der Waals surface area contributed by atoms with Gasteiger partial charge in [-0.05, 0) is 53.5 Å². The van der Waals surface area contributed by atoms with Crippen LogP contribution in [0.2, 0.25) is 0 Å². The van der Waals surface area contributed by atoms with Gasteiger partial charge in [0.2, 0.25) is 0 Å². The van der Waals surface area contributed by atoms with Gasteiger partial charge in [-0.1, -0.05) is 32.9 Å². The number of hydrogen-bond acceptors (Lipinski definition) is 3. The van der Waals surface area contributed by atoms with Crippen molar-refractivity contribution < 1.29 is 34.2 Å².